The van der Waals surface area contributed by atoms with Crippen molar-refractivity contribution in [3.05, 3.63) is 17.0 Å². The Morgan fingerprint density at radius 2 is 2.00 bits per heavy atom. The van der Waals surface area contributed by atoms with Gasteiger partial charge in [-0.25, -0.2) is 4.79 Å². The largest absolute Gasteiger partial charge is 0.477 e. The van der Waals surface area contributed by atoms with Crippen LogP contribution >= 0.6 is 11.3 Å². The lowest BCUT2D eigenvalue weighted by Gasteiger charge is -2.09. The van der Waals surface area contributed by atoms with Crippen molar-refractivity contribution >= 4 is 32.5 Å². The zero-order chi connectivity index (χ0) is 14.0. The molecule has 0 aliphatic heterocycles. The van der Waals surface area contributed by atoms with E-state index in [0.29, 0.717) is 11.3 Å². The van der Waals surface area contributed by atoms with Crippen molar-refractivity contribution in [3.8, 4) is 0 Å². The van der Waals surface area contributed by atoms with Crippen LogP contribution in [0.5, 0.6) is 0 Å². The predicted molar refractivity (Wildman–Crippen MR) is 57.9 cm³/mol. The van der Waals surface area contributed by atoms with Crippen molar-refractivity contribution < 1.29 is 31.5 Å². The van der Waals surface area contributed by atoms with Crippen LogP contribution in [0.1, 0.15) is 9.67 Å². The molecule has 0 saturated carbocycles. The topological polar surface area (TPSA) is 95.5 Å². The van der Waals surface area contributed by atoms with Crippen molar-refractivity contribution in [3.63, 3.8) is 0 Å². The number of aromatic carboxylic acids is 1. The van der Waals surface area contributed by atoms with E-state index in [1.165, 1.54) is 4.72 Å². The monoisotopic (exact) mass is 304 g/mol. The molecule has 1 aromatic heterocycles. The summed E-state index contributed by atoms with van der Waals surface area (Å²) >= 11 is 0.590. The van der Waals surface area contributed by atoms with Crippen molar-refractivity contribution in [1.82, 2.24) is 4.72 Å². The van der Waals surface area contributed by atoms with Gasteiger partial charge in [-0.05, 0) is 12.1 Å². The van der Waals surface area contributed by atoms with Crippen LogP contribution < -0.4 is 9.44 Å². The highest BCUT2D eigenvalue weighted by atomic mass is 32.2. The second-order valence-electron chi connectivity index (χ2n) is 3.01. The van der Waals surface area contributed by atoms with Crippen LogP contribution in [0, 0.1) is 0 Å². The van der Waals surface area contributed by atoms with Crippen molar-refractivity contribution in [2.75, 3.05) is 11.3 Å². The highest BCUT2D eigenvalue weighted by Gasteiger charge is 2.29. The van der Waals surface area contributed by atoms with Gasteiger partial charge in [0.05, 0.1) is 0 Å². The van der Waals surface area contributed by atoms with Crippen LogP contribution in [0.2, 0.25) is 0 Å². The third kappa shape index (κ3) is 4.89. The minimum atomic E-state index is -4.67. The number of rotatable bonds is 5. The summed E-state index contributed by atoms with van der Waals surface area (Å²) in [4.78, 5) is 10.4. The Hall–Kier alpha value is -1.33. The number of thiophene rings is 1. The van der Waals surface area contributed by atoms with E-state index < -0.39 is 28.9 Å². The van der Waals surface area contributed by atoms with Gasteiger partial charge in [0, 0.05) is 0 Å². The first-order chi connectivity index (χ1) is 8.09. The maximum atomic E-state index is 11.8. The summed E-state index contributed by atoms with van der Waals surface area (Å²) < 4.78 is 60.8. The van der Waals surface area contributed by atoms with Gasteiger partial charge in [-0.1, -0.05) is 0 Å². The van der Waals surface area contributed by atoms with Gasteiger partial charge in [0.15, 0.2) is 0 Å². The van der Waals surface area contributed by atoms with E-state index in [4.69, 9.17) is 5.11 Å². The standard InChI is InChI=1S/C7H7F3N2O4S2/c8-7(9,10)3-11-18(15,16)12-5-2-1-4(17-5)6(13)14/h1-2,11-12H,3H2,(H,13,14). The Kier molecular flexibility index (Phi) is 4.19. The summed E-state index contributed by atoms with van der Waals surface area (Å²) in [6, 6.07) is 2.27. The highest BCUT2D eigenvalue weighted by molar-refractivity contribution is 7.91. The highest BCUT2D eigenvalue weighted by Crippen LogP contribution is 2.22. The number of hydrogen-bond acceptors (Lipinski definition) is 4. The molecule has 0 atom stereocenters. The van der Waals surface area contributed by atoms with Crippen LogP contribution in [0.3, 0.4) is 0 Å². The lowest BCUT2D eigenvalue weighted by Crippen LogP contribution is -2.37. The zero-order valence-electron chi connectivity index (χ0n) is 8.48. The normalized spacial score (nSPS) is 12.4. The minimum absolute atomic E-state index is 0.0953. The van der Waals surface area contributed by atoms with E-state index in [1.807, 2.05) is 0 Å². The predicted octanol–water partition coefficient (Wildman–Crippen LogP) is 1.25. The maximum Gasteiger partial charge on any atom is 0.402 e. The van der Waals surface area contributed by atoms with Crippen LogP contribution in [-0.4, -0.2) is 32.2 Å². The Bertz CT molecular complexity index is 537. The number of hydrogen-bond donors (Lipinski definition) is 3. The molecule has 18 heavy (non-hydrogen) atoms. The maximum absolute atomic E-state index is 11.8. The van der Waals surface area contributed by atoms with Gasteiger partial charge in [-0.2, -0.15) is 26.3 Å². The third-order valence-electron chi connectivity index (χ3n) is 1.51. The number of nitrogens with one attached hydrogen (secondary N) is 2. The van der Waals surface area contributed by atoms with Gasteiger partial charge in [-0.15, -0.1) is 11.3 Å². The molecule has 1 heterocycles. The van der Waals surface area contributed by atoms with E-state index in [2.05, 4.69) is 0 Å². The molecule has 0 spiro atoms. The number of halogens is 3. The van der Waals surface area contributed by atoms with E-state index >= 15 is 0 Å². The fourth-order valence-corrected chi connectivity index (χ4v) is 2.70. The Morgan fingerprint density at radius 1 is 1.39 bits per heavy atom. The molecule has 0 amide bonds. The number of alkyl halides is 3. The Labute approximate surface area is 104 Å². The molecule has 0 fully saturated rings. The fourth-order valence-electron chi connectivity index (χ4n) is 0.853. The molecule has 0 aliphatic carbocycles. The first kappa shape index (κ1) is 14.7. The quantitative estimate of drug-likeness (QED) is 0.763. The molecular formula is C7H7F3N2O4S2. The molecule has 0 aliphatic rings. The zero-order valence-corrected chi connectivity index (χ0v) is 10.1. The van der Waals surface area contributed by atoms with Gasteiger partial charge < -0.3 is 5.11 Å². The molecule has 1 aromatic rings. The van der Waals surface area contributed by atoms with E-state index in [0.717, 1.165) is 12.1 Å². The molecular weight excluding hydrogens is 297 g/mol. The van der Waals surface area contributed by atoms with Crippen molar-refractivity contribution in [2.45, 2.75) is 6.18 Å². The summed E-state index contributed by atoms with van der Waals surface area (Å²) in [5, 5.41) is 8.48. The molecule has 0 bridgehead atoms. The lowest BCUT2D eigenvalue weighted by molar-refractivity contribution is -0.121. The van der Waals surface area contributed by atoms with Gasteiger partial charge in [0.1, 0.15) is 16.4 Å². The van der Waals surface area contributed by atoms with Gasteiger partial charge in [-0.3, -0.25) is 4.72 Å². The van der Waals surface area contributed by atoms with Crippen molar-refractivity contribution in [2.24, 2.45) is 0 Å². The van der Waals surface area contributed by atoms with Gasteiger partial charge >= 0.3 is 12.1 Å². The Morgan fingerprint density at radius 3 is 2.44 bits per heavy atom. The second-order valence-corrected chi connectivity index (χ2v) is 5.59. The summed E-state index contributed by atoms with van der Waals surface area (Å²) in [5.41, 5.74) is 0. The summed E-state index contributed by atoms with van der Waals surface area (Å²) in [6.07, 6.45) is -4.67. The molecule has 11 heteroatoms. The van der Waals surface area contributed by atoms with Crippen LogP contribution in [-0.2, 0) is 10.2 Å². The average Bonchev–Trinajstić information content (AvgIpc) is 2.62. The first-order valence-corrected chi connectivity index (χ1v) is 6.56. The van der Waals surface area contributed by atoms with Crippen LogP contribution in [0.15, 0.2) is 12.1 Å². The molecule has 6 nitrogen and oxygen atoms in total. The summed E-state index contributed by atoms with van der Waals surface area (Å²) in [6.45, 7) is -1.71. The summed E-state index contributed by atoms with van der Waals surface area (Å²) in [7, 11) is -4.38. The lowest BCUT2D eigenvalue weighted by atomic mass is 10.5. The van der Waals surface area contributed by atoms with Gasteiger partial charge in [0.2, 0.25) is 0 Å². The van der Waals surface area contributed by atoms with E-state index in [1.54, 1.807) is 4.72 Å². The smallest absolute Gasteiger partial charge is 0.402 e. The number of carboxylic acids is 1. The first-order valence-electron chi connectivity index (χ1n) is 4.26. The minimum Gasteiger partial charge on any atom is -0.477 e. The average molecular weight is 304 g/mol. The number of anilines is 1. The molecule has 0 aromatic carbocycles. The second kappa shape index (κ2) is 5.12. The summed E-state index contributed by atoms with van der Waals surface area (Å²) in [5.74, 6) is -1.26. The Balaban J connectivity index is 2.67. The van der Waals surface area contributed by atoms with E-state index in [9.17, 15) is 26.4 Å². The van der Waals surface area contributed by atoms with Gasteiger partial charge in [0.25, 0.3) is 10.2 Å². The molecule has 1 rings (SSSR count). The fraction of sp³-hybridized carbons (Fsp3) is 0.286. The van der Waals surface area contributed by atoms with E-state index in [-0.39, 0.29) is 9.88 Å². The van der Waals surface area contributed by atoms with Crippen LogP contribution in [0.4, 0.5) is 18.2 Å². The number of carboxylic acid groups (broad SMARTS) is 1. The van der Waals surface area contributed by atoms with Crippen molar-refractivity contribution in [1.29, 1.82) is 0 Å². The third-order valence-corrected chi connectivity index (χ3v) is 3.65. The SMILES string of the molecule is O=C(O)c1ccc(NS(=O)(=O)NCC(F)(F)F)s1. The molecule has 0 saturated heterocycles. The molecule has 102 valence electrons. The number of carbonyl (C=O) groups is 1. The molecule has 3 N–H and O–H groups in total. The molecule has 0 radical (unpaired) electrons. The molecule has 0 unspecified atom stereocenters. The van der Waals surface area contributed by atoms with Crippen LogP contribution in [0.25, 0.3) is 0 Å².